The summed E-state index contributed by atoms with van der Waals surface area (Å²) in [7, 11) is 0. The van der Waals surface area contributed by atoms with Crippen LogP contribution in [0.5, 0.6) is 0 Å². The van der Waals surface area contributed by atoms with E-state index in [1.54, 1.807) is 18.2 Å². The molecule has 0 bridgehead atoms. The van der Waals surface area contributed by atoms with Gasteiger partial charge in [0, 0.05) is 11.1 Å². The number of hydrogen-bond acceptors (Lipinski definition) is 3. The van der Waals surface area contributed by atoms with Gasteiger partial charge in [-0.1, -0.05) is 48.5 Å². The van der Waals surface area contributed by atoms with Crippen LogP contribution in [0.15, 0.2) is 54.6 Å². The van der Waals surface area contributed by atoms with Crippen LogP contribution in [0.2, 0.25) is 0 Å². The van der Waals surface area contributed by atoms with Crippen molar-refractivity contribution in [3.05, 3.63) is 71.5 Å². The molecule has 0 unspecified atom stereocenters. The maximum atomic E-state index is 13.5. The predicted molar refractivity (Wildman–Crippen MR) is 76.1 cm³/mol. The molecule has 0 saturated carbocycles. The van der Waals surface area contributed by atoms with Gasteiger partial charge in [-0.3, -0.25) is 0 Å². The molecule has 0 aromatic heterocycles. The second-order valence-electron chi connectivity index (χ2n) is 4.93. The number of ether oxygens (including phenoxy) is 3. The second kappa shape index (κ2) is 6.80. The average Bonchev–Trinajstić information content (AvgIpc) is 2.55. The summed E-state index contributed by atoms with van der Waals surface area (Å²) >= 11 is 0. The third kappa shape index (κ3) is 3.67. The van der Waals surface area contributed by atoms with Crippen LogP contribution >= 0.6 is 0 Å². The number of rotatable bonds is 4. The molecule has 0 atom stereocenters. The highest BCUT2D eigenvalue weighted by atomic mass is 19.1. The molecule has 21 heavy (non-hydrogen) atoms. The third-order valence-corrected chi connectivity index (χ3v) is 3.37. The summed E-state index contributed by atoms with van der Waals surface area (Å²) < 4.78 is 30.4. The zero-order valence-corrected chi connectivity index (χ0v) is 11.6. The molecule has 0 N–H and O–H groups in total. The minimum atomic E-state index is -0.348. The Hall–Kier alpha value is -1.75. The van der Waals surface area contributed by atoms with E-state index in [1.807, 2.05) is 30.3 Å². The number of hydrogen-bond donors (Lipinski definition) is 0. The molecule has 2 aromatic carbocycles. The molecule has 0 amide bonds. The topological polar surface area (TPSA) is 27.7 Å². The normalized spacial score (nSPS) is 22.1. The van der Waals surface area contributed by atoms with Gasteiger partial charge in [0.25, 0.3) is 0 Å². The minimum absolute atomic E-state index is 0.176. The molecule has 110 valence electrons. The molecule has 1 aliphatic heterocycles. The largest absolute Gasteiger partial charge is 0.369 e. The minimum Gasteiger partial charge on any atom is -0.369 e. The maximum Gasteiger partial charge on any atom is 0.184 e. The van der Waals surface area contributed by atoms with Crippen molar-refractivity contribution in [1.82, 2.24) is 0 Å². The maximum absolute atomic E-state index is 13.5. The molecule has 0 radical (unpaired) electrons. The fourth-order valence-electron chi connectivity index (χ4n) is 2.21. The molecule has 2 aromatic rings. The van der Waals surface area contributed by atoms with Crippen LogP contribution < -0.4 is 0 Å². The number of benzene rings is 2. The monoisotopic (exact) mass is 288 g/mol. The van der Waals surface area contributed by atoms with Gasteiger partial charge in [-0.05, 0) is 6.07 Å². The van der Waals surface area contributed by atoms with E-state index in [1.165, 1.54) is 6.07 Å². The summed E-state index contributed by atoms with van der Waals surface area (Å²) in [4.78, 5) is 0. The molecule has 1 fully saturated rings. The van der Waals surface area contributed by atoms with Crippen molar-refractivity contribution in [3.8, 4) is 0 Å². The molecule has 3 rings (SSSR count). The smallest absolute Gasteiger partial charge is 0.184 e. The van der Waals surface area contributed by atoms with E-state index in [2.05, 4.69) is 0 Å². The first-order valence-corrected chi connectivity index (χ1v) is 6.96. The molecule has 3 nitrogen and oxygen atoms in total. The van der Waals surface area contributed by atoms with E-state index in [0.717, 1.165) is 5.56 Å². The predicted octanol–water partition coefficient (Wildman–Crippen LogP) is 3.46. The Labute approximate surface area is 123 Å². The van der Waals surface area contributed by atoms with Crippen molar-refractivity contribution in [2.75, 3.05) is 13.2 Å². The van der Waals surface area contributed by atoms with Crippen LogP contribution in [-0.4, -0.2) is 19.3 Å². The first-order valence-electron chi connectivity index (χ1n) is 6.96. The average molecular weight is 288 g/mol. The molecule has 4 heteroatoms. The van der Waals surface area contributed by atoms with Crippen molar-refractivity contribution >= 4 is 0 Å². The first kappa shape index (κ1) is 14.2. The Morgan fingerprint density at radius 1 is 0.952 bits per heavy atom. The lowest BCUT2D eigenvalue weighted by atomic mass is 10.2. The van der Waals surface area contributed by atoms with Crippen LogP contribution in [0, 0.1) is 5.82 Å². The van der Waals surface area contributed by atoms with Crippen LogP contribution in [0.4, 0.5) is 4.39 Å². The molecule has 0 aliphatic carbocycles. The van der Waals surface area contributed by atoms with E-state index >= 15 is 0 Å². The van der Waals surface area contributed by atoms with Crippen LogP contribution in [0.3, 0.4) is 0 Å². The first-order chi connectivity index (χ1) is 10.3. The highest BCUT2D eigenvalue weighted by molar-refractivity contribution is 5.17. The van der Waals surface area contributed by atoms with E-state index in [-0.39, 0.29) is 24.8 Å². The van der Waals surface area contributed by atoms with Crippen molar-refractivity contribution in [2.45, 2.75) is 19.0 Å². The van der Waals surface area contributed by atoms with E-state index in [0.29, 0.717) is 18.8 Å². The molecule has 1 saturated heterocycles. The second-order valence-corrected chi connectivity index (χ2v) is 4.93. The summed E-state index contributed by atoms with van der Waals surface area (Å²) in [5.74, 6) is -0.252. The lowest BCUT2D eigenvalue weighted by Gasteiger charge is -2.29. The van der Waals surface area contributed by atoms with Gasteiger partial charge < -0.3 is 14.2 Å². The van der Waals surface area contributed by atoms with Crippen molar-refractivity contribution in [3.63, 3.8) is 0 Å². The van der Waals surface area contributed by atoms with Crippen LogP contribution in [0.25, 0.3) is 0 Å². The highest BCUT2D eigenvalue weighted by Crippen LogP contribution is 2.24. The van der Waals surface area contributed by atoms with Gasteiger partial charge in [0.15, 0.2) is 6.29 Å². The Morgan fingerprint density at radius 2 is 1.62 bits per heavy atom. The Bertz CT molecular complexity index is 565. The fourth-order valence-corrected chi connectivity index (χ4v) is 2.21. The van der Waals surface area contributed by atoms with Gasteiger partial charge in [-0.25, -0.2) is 4.39 Å². The summed E-state index contributed by atoms with van der Waals surface area (Å²) in [6.45, 7) is 1.10. The van der Waals surface area contributed by atoms with Gasteiger partial charge in [-0.15, -0.1) is 0 Å². The van der Waals surface area contributed by atoms with Crippen molar-refractivity contribution in [2.24, 2.45) is 0 Å². The molecule has 1 heterocycles. The van der Waals surface area contributed by atoms with Crippen LogP contribution in [-0.2, 0) is 20.8 Å². The van der Waals surface area contributed by atoms with Gasteiger partial charge in [0.2, 0.25) is 0 Å². The SMILES string of the molecule is Fc1ccccc1COC1COC(c2ccccc2)OC1. The Morgan fingerprint density at radius 3 is 2.33 bits per heavy atom. The quantitative estimate of drug-likeness (QED) is 0.862. The van der Waals surface area contributed by atoms with Crippen molar-refractivity contribution in [1.29, 1.82) is 0 Å². The third-order valence-electron chi connectivity index (χ3n) is 3.37. The fraction of sp³-hybridized carbons (Fsp3) is 0.294. The van der Waals surface area contributed by atoms with Crippen molar-refractivity contribution < 1.29 is 18.6 Å². The zero-order chi connectivity index (χ0) is 14.5. The van der Waals surface area contributed by atoms with Gasteiger partial charge in [-0.2, -0.15) is 0 Å². The summed E-state index contributed by atoms with van der Waals surface area (Å²) in [5, 5.41) is 0. The van der Waals surface area contributed by atoms with Gasteiger partial charge in [0.1, 0.15) is 11.9 Å². The van der Waals surface area contributed by atoms with E-state index < -0.39 is 0 Å². The Kier molecular flexibility index (Phi) is 4.60. The van der Waals surface area contributed by atoms with Gasteiger partial charge in [0.05, 0.1) is 19.8 Å². The molecular formula is C17H17FO3. The zero-order valence-electron chi connectivity index (χ0n) is 11.6. The lowest BCUT2D eigenvalue weighted by molar-refractivity contribution is -0.232. The number of halogens is 1. The lowest BCUT2D eigenvalue weighted by Crippen LogP contribution is -2.33. The van der Waals surface area contributed by atoms with Gasteiger partial charge >= 0.3 is 0 Å². The molecular weight excluding hydrogens is 271 g/mol. The molecule has 1 aliphatic rings. The highest BCUT2D eigenvalue weighted by Gasteiger charge is 2.24. The standard InChI is InChI=1S/C17H17FO3/c18-16-9-5-4-8-14(16)10-19-15-11-20-17(21-12-15)13-6-2-1-3-7-13/h1-9,15,17H,10-12H2. The Balaban J connectivity index is 1.49. The summed E-state index contributed by atoms with van der Waals surface area (Å²) in [6.07, 6.45) is -0.524. The summed E-state index contributed by atoms with van der Waals surface area (Å²) in [5.41, 5.74) is 1.53. The molecule has 0 spiro atoms. The summed E-state index contributed by atoms with van der Waals surface area (Å²) in [6, 6.07) is 16.4. The van der Waals surface area contributed by atoms with E-state index in [9.17, 15) is 4.39 Å². The van der Waals surface area contributed by atoms with E-state index in [4.69, 9.17) is 14.2 Å². The van der Waals surface area contributed by atoms with Crippen LogP contribution in [0.1, 0.15) is 17.4 Å².